The second-order valence-electron chi connectivity index (χ2n) is 9.65. The standard InChI is InChI=1S/C22H26F3N5O3/c23-22(24,25)33-17-7-15(8-27-18(17)26)16-9-30(19(28-16)14-1-4-32-10-14)21-11-20(12-21,13-21)29-2-5-31-6-3-29/h7-9,14H,1-6,10-13H2,(H2,26,27). The van der Waals surface area contributed by atoms with E-state index >= 15 is 0 Å². The number of nitrogens with zero attached hydrogens (tertiary/aromatic N) is 4. The summed E-state index contributed by atoms with van der Waals surface area (Å²) in [6.07, 6.45) is 2.60. The van der Waals surface area contributed by atoms with Crippen molar-refractivity contribution in [1.29, 1.82) is 0 Å². The van der Waals surface area contributed by atoms with Gasteiger partial charge in [-0.15, -0.1) is 13.2 Å². The molecule has 2 aliphatic heterocycles. The monoisotopic (exact) mass is 465 g/mol. The Morgan fingerprint density at radius 1 is 1.09 bits per heavy atom. The molecule has 0 aromatic carbocycles. The molecule has 178 valence electrons. The summed E-state index contributed by atoms with van der Waals surface area (Å²) in [5, 5.41) is 0. The van der Waals surface area contributed by atoms with Crippen molar-refractivity contribution in [1.82, 2.24) is 19.4 Å². The van der Waals surface area contributed by atoms with Gasteiger partial charge in [0.05, 0.1) is 31.1 Å². The Morgan fingerprint density at radius 3 is 2.52 bits per heavy atom. The van der Waals surface area contributed by atoms with E-state index in [1.54, 1.807) is 0 Å². The number of pyridine rings is 1. The van der Waals surface area contributed by atoms with Gasteiger partial charge >= 0.3 is 6.36 Å². The Labute approximate surface area is 188 Å². The van der Waals surface area contributed by atoms with Crippen molar-refractivity contribution >= 4 is 5.82 Å². The average molecular weight is 465 g/mol. The van der Waals surface area contributed by atoms with Crippen LogP contribution < -0.4 is 10.5 Å². The minimum Gasteiger partial charge on any atom is -0.402 e. The molecule has 33 heavy (non-hydrogen) atoms. The van der Waals surface area contributed by atoms with Crippen LogP contribution in [0.3, 0.4) is 0 Å². The van der Waals surface area contributed by atoms with Crippen LogP contribution in [-0.2, 0) is 15.0 Å². The van der Waals surface area contributed by atoms with Crippen LogP contribution in [0.15, 0.2) is 18.5 Å². The topological polar surface area (TPSA) is 87.7 Å². The normalized spacial score (nSPS) is 31.8. The summed E-state index contributed by atoms with van der Waals surface area (Å²) in [5.74, 6) is 0.275. The van der Waals surface area contributed by atoms with Crippen LogP contribution >= 0.6 is 0 Å². The van der Waals surface area contributed by atoms with Gasteiger partial charge in [-0.1, -0.05) is 0 Å². The predicted molar refractivity (Wildman–Crippen MR) is 112 cm³/mol. The maximum Gasteiger partial charge on any atom is 0.573 e. The molecule has 2 saturated heterocycles. The molecule has 3 aliphatic carbocycles. The average Bonchev–Trinajstić information content (AvgIpc) is 3.38. The minimum absolute atomic E-state index is 0.00795. The Morgan fingerprint density at radius 2 is 1.85 bits per heavy atom. The van der Waals surface area contributed by atoms with Crippen LogP contribution in [0.2, 0.25) is 0 Å². The first-order valence-corrected chi connectivity index (χ1v) is 11.3. The summed E-state index contributed by atoms with van der Waals surface area (Å²) in [5.41, 5.74) is 6.87. The molecule has 2 aromatic heterocycles. The number of imidazole rings is 1. The van der Waals surface area contributed by atoms with Crippen molar-refractivity contribution in [2.45, 2.75) is 49.0 Å². The molecule has 4 heterocycles. The Hall–Kier alpha value is -2.37. The lowest BCUT2D eigenvalue weighted by atomic mass is 9.43. The molecule has 0 spiro atoms. The molecule has 8 nitrogen and oxygen atoms in total. The molecule has 7 rings (SSSR count). The van der Waals surface area contributed by atoms with Gasteiger partial charge < -0.3 is 24.5 Å². The first kappa shape index (κ1) is 21.2. The van der Waals surface area contributed by atoms with Crippen molar-refractivity contribution in [3.63, 3.8) is 0 Å². The first-order chi connectivity index (χ1) is 15.8. The zero-order valence-electron chi connectivity index (χ0n) is 18.1. The van der Waals surface area contributed by atoms with E-state index in [4.69, 9.17) is 20.2 Å². The number of halogens is 3. The van der Waals surface area contributed by atoms with Crippen molar-refractivity contribution in [2.24, 2.45) is 0 Å². The number of ether oxygens (including phenoxy) is 3. The van der Waals surface area contributed by atoms with Crippen molar-refractivity contribution in [2.75, 3.05) is 45.3 Å². The van der Waals surface area contributed by atoms with Gasteiger partial charge in [-0.25, -0.2) is 9.97 Å². The second-order valence-corrected chi connectivity index (χ2v) is 9.65. The SMILES string of the molecule is Nc1ncc(-c2cn(C34CC(N5CCOCC5)(C3)C4)c(C3CCOC3)n2)cc1OC(F)(F)F. The van der Waals surface area contributed by atoms with Gasteiger partial charge in [-0.2, -0.15) is 0 Å². The molecule has 3 saturated carbocycles. The summed E-state index contributed by atoms with van der Waals surface area (Å²) >= 11 is 0. The number of rotatable bonds is 5. The van der Waals surface area contributed by atoms with Crippen LogP contribution in [0.1, 0.15) is 37.4 Å². The second kappa shape index (κ2) is 7.31. The molecule has 2 bridgehead atoms. The summed E-state index contributed by atoms with van der Waals surface area (Å²) in [7, 11) is 0. The number of alkyl halides is 3. The summed E-state index contributed by atoms with van der Waals surface area (Å²) < 4.78 is 55.8. The molecule has 11 heteroatoms. The number of nitrogen functional groups attached to an aromatic ring is 1. The maximum atomic E-state index is 12.8. The molecule has 5 aliphatic rings. The minimum atomic E-state index is -4.85. The summed E-state index contributed by atoms with van der Waals surface area (Å²) in [6, 6.07) is 1.26. The van der Waals surface area contributed by atoms with E-state index in [1.165, 1.54) is 12.3 Å². The van der Waals surface area contributed by atoms with Gasteiger partial charge in [0.15, 0.2) is 11.6 Å². The van der Waals surface area contributed by atoms with Crippen LogP contribution in [0, 0.1) is 0 Å². The molecule has 2 N–H and O–H groups in total. The van der Waals surface area contributed by atoms with Gasteiger partial charge in [-0.3, -0.25) is 4.90 Å². The summed E-state index contributed by atoms with van der Waals surface area (Å²) in [4.78, 5) is 11.3. The van der Waals surface area contributed by atoms with E-state index in [9.17, 15) is 13.2 Å². The number of hydrogen-bond donors (Lipinski definition) is 1. The first-order valence-electron chi connectivity index (χ1n) is 11.3. The van der Waals surface area contributed by atoms with E-state index in [2.05, 4.69) is 19.2 Å². The molecular weight excluding hydrogens is 439 g/mol. The van der Waals surface area contributed by atoms with Gasteiger partial charge in [0, 0.05) is 49.1 Å². The van der Waals surface area contributed by atoms with E-state index < -0.39 is 12.1 Å². The van der Waals surface area contributed by atoms with Crippen LogP contribution in [0.5, 0.6) is 5.75 Å². The highest BCUT2D eigenvalue weighted by atomic mass is 19.4. The molecule has 1 atom stereocenters. The van der Waals surface area contributed by atoms with Gasteiger partial charge in [0.25, 0.3) is 0 Å². The highest BCUT2D eigenvalue weighted by molar-refractivity contribution is 5.64. The lowest BCUT2D eigenvalue weighted by Gasteiger charge is -2.74. The number of aromatic nitrogens is 3. The Bertz CT molecular complexity index is 1040. The smallest absolute Gasteiger partial charge is 0.402 e. The number of anilines is 1. The van der Waals surface area contributed by atoms with Crippen molar-refractivity contribution in [3.8, 4) is 17.0 Å². The third-order valence-corrected chi connectivity index (χ3v) is 7.60. The zero-order chi connectivity index (χ0) is 22.8. The van der Waals surface area contributed by atoms with E-state index in [-0.39, 0.29) is 22.8 Å². The van der Waals surface area contributed by atoms with Crippen LogP contribution in [-0.4, -0.2) is 70.9 Å². The number of nitrogens with two attached hydrogens (primary N) is 1. The van der Waals surface area contributed by atoms with Crippen LogP contribution in [0.25, 0.3) is 11.3 Å². The molecule has 0 amide bonds. The van der Waals surface area contributed by atoms with E-state index in [0.717, 1.165) is 57.8 Å². The van der Waals surface area contributed by atoms with Crippen molar-refractivity contribution < 1.29 is 27.4 Å². The zero-order valence-corrected chi connectivity index (χ0v) is 18.1. The van der Waals surface area contributed by atoms with Crippen LogP contribution in [0.4, 0.5) is 19.0 Å². The largest absolute Gasteiger partial charge is 0.573 e. The fourth-order valence-corrected chi connectivity index (χ4v) is 6.05. The number of hydrogen-bond acceptors (Lipinski definition) is 7. The number of morpholine rings is 1. The fraction of sp³-hybridized carbons (Fsp3) is 0.636. The van der Waals surface area contributed by atoms with Gasteiger partial charge in [0.1, 0.15) is 5.82 Å². The van der Waals surface area contributed by atoms with Gasteiger partial charge in [-0.05, 0) is 31.7 Å². The Balaban J connectivity index is 1.31. The Kier molecular flexibility index (Phi) is 4.69. The summed E-state index contributed by atoms with van der Waals surface area (Å²) in [6.45, 7) is 4.78. The maximum absolute atomic E-state index is 12.8. The highest BCUT2D eigenvalue weighted by Crippen LogP contribution is 2.68. The highest BCUT2D eigenvalue weighted by Gasteiger charge is 2.71. The van der Waals surface area contributed by atoms with Gasteiger partial charge in [0.2, 0.25) is 0 Å². The van der Waals surface area contributed by atoms with E-state index in [0.29, 0.717) is 24.5 Å². The third-order valence-electron chi connectivity index (χ3n) is 7.60. The molecular formula is C22H26F3N5O3. The van der Waals surface area contributed by atoms with E-state index in [1.807, 2.05) is 6.20 Å². The predicted octanol–water partition coefficient (Wildman–Crippen LogP) is 2.89. The lowest BCUT2D eigenvalue weighted by molar-refractivity contribution is -0.274. The molecule has 0 radical (unpaired) electrons. The quantitative estimate of drug-likeness (QED) is 0.727. The molecule has 2 aromatic rings. The lowest BCUT2D eigenvalue weighted by Crippen LogP contribution is -2.79. The third kappa shape index (κ3) is 3.48. The van der Waals surface area contributed by atoms with Crippen molar-refractivity contribution in [3.05, 3.63) is 24.3 Å². The molecule has 5 fully saturated rings. The fourth-order valence-electron chi connectivity index (χ4n) is 6.05. The molecule has 1 unspecified atom stereocenters.